The fourth-order valence-electron chi connectivity index (χ4n) is 2.24. The molecule has 9 heteroatoms. The fourth-order valence-corrected chi connectivity index (χ4v) is 3.41. The summed E-state index contributed by atoms with van der Waals surface area (Å²) < 4.78 is 64.4. The summed E-state index contributed by atoms with van der Waals surface area (Å²) in [5, 5.41) is 2.30. The largest absolute Gasteiger partial charge is 0.324 e. The lowest BCUT2D eigenvalue weighted by atomic mass is 10.2. The maximum Gasteiger partial charge on any atom is 0.247 e. The molecule has 1 amide bonds. The van der Waals surface area contributed by atoms with E-state index >= 15 is 0 Å². The summed E-state index contributed by atoms with van der Waals surface area (Å²) in [5.41, 5.74) is -0.0705. The number of halogens is 3. The number of benzene rings is 2. The molecule has 0 aromatic heterocycles. The molecular weight excluding hydrogens is 357 g/mol. The van der Waals surface area contributed by atoms with Gasteiger partial charge >= 0.3 is 0 Å². The van der Waals surface area contributed by atoms with Crippen LogP contribution in [0.15, 0.2) is 42.5 Å². The van der Waals surface area contributed by atoms with Crippen molar-refractivity contribution in [2.45, 2.75) is 13.0 Å². The van der Waals surface area contributed by atoms with Crippen molar-refractivity contribution < 1.29 is 26.4 Å². The number of nitrogens with one attached hydrogen (secondary N) is 1. The van der Waals surface area contributed by atoms with E-state index in [9.17, 15) is 26.4 Å². The number of rotatable bonds is 5. The Morgan fingerprint density at radius 2 is 1.76 bits per heavy atom. The molecule has 0 aliphatic carbocycles. The summed E-state index contributed by atoms with van der Waals surface area (Å²) in [7, 11) is -3.91. The molecule has 0 fully saturated rings. The molecule has 25 heavy (non-hydrogen) atoms. The van der Waals surface area contributed by atoms with Crippen molar-refractivity contribution >= 4 is 27.3 Å². The van der Waals surface area contributed by atoms with E-state index in [1.807, 2.05) is 0 Å². The van der Waals surface area contributed by atoms with E-state index in [0.29, 0.717) is 0 Å². The van der Waals surface area contributed by atoms with E-state index in [1.54, 1.807) is 0 Å². The van der Waals surface area contributed by atoms with Gasteiger partial charge in [0.15, 0.2) is 11.6 Å². The average molecular weight is 372 g/mol. The van der Waals surface area contributed by atoms with Crippen LogP contribution in [0.1, 0.15) is 6.92 Å². The van der Waals surface area contributed by atoms with Crippen LogP contribution in [0.4, 0.5) is 24.5 Å². The second-order valence-electron chi connectivity index (χ2n) is 5.33. The molecule has 0 aliphatic heterocycles. The third-order valence-electron chi connectivity index (χ3n) is 3.34. The molecule has 1 N–H and O–H groups in total. The van der Waals surface area contributed by atoms with Crippen LogP contribution in [0, 0.1) is 17.5 Å². The number of carbonyl (C=O) groups is 1. The maximum absolute atomic E-state index is 13.4. The van der Waals surface area contributed by atoms with Gasteiger partial charge in [0, 0.05) is 11.8 Å². The quantitative estimate of drug-likeness (QED) is 0.878. The minimum atomic E-state index is -3.91. The normalized spacial score (nSPS) is 12.5. The van der Waals surface area contributed by atoms with Crippen molar-refractivity contribution in [2.24, 2.45) is 0 Å². The Bertz CT molecular complexity index is 903. The summed E-state index contributed by atoms with van der Waals surface area (Å²) in [5.74, 6) is -3.70. The summed E-state index contributed by atoms with van der Waals surface area (Å²) in [4.78, 5) is 12.3. The molecule has 0 spiro atoms. The van der Waals surface area contributed by atoms with E-state index < -0.39 is 39.4 Å². The van der Waals surface area contributed by atoms with Gasteiger partial charge in [-0.1, -0.05) is 6.07 Å². The Morgan fingerprint density at radius 3 is 2.32 bits per heavy atom. The van der Waals surface area contributed by atoms with Crippen LogP contribution < -0.4 is 9.62 Å². The SMILES string of the molecule is C[C@H](C(=O)Nc1ccc(F)c(F)c1)N(c1cccc(F)c1)S(C)(=O)=O. The molecule has 0 aliphatic rings. The van der Waals surface area contributed by atoms with Gasteiger partial charge in [-0.2, -0.15) is 0 Å². The first kappa shape index (κ1) is 18.8. The van der Waals surface area contributed by atoms with E-state index in [1.165, 1.54) is 19.1 Å². The molecule has 2 aromatic carbocycles. The van der Waals surface area contributed by atoms with Crippen LogP contribution in [0.5, 0.6) is 0 Å². The monoisotopic (exact) mass is 372 g/mol. The molecule has 134 valence electrons. The number of carbonyl (C=O) groups excluding carboxylic acids is 1. The number of hydrogen-bond acceptors (Lipinski definition) is 3. The van der Waals surface area contributed by atoms with Gasteiger partial charge in [-0.3, -0.25) is 9.10 Å². The molecule has 0 saturated carbocycles. The van der Waals surface area contributed by atoms with Crippen LogP contribution in [-0.4, -0.2) is 26.6 Å². The summed E-state index contributed by atoms with van der Waals surface area (Å²) >= 11 is 0. The number of anilines is 2. The third kappa shape index (κ3) is 4.50. The van der Waals surface area contributed by atoms with Gasteiger partial charge in [0.1, 0.15) is 11.9 Å². The minimum absolute atomic E-state index is 0.0320. The molecular formula is C16H15F3N2O3S. The molecule has 0 radical (unpaired) electrons. The number of amides is 1. The number of hydrogen-bond donors (Lipinski definition) is 1. The molecule has 2 rings (SSSR count). The number of nitrogens with zero attached hydrogens (tertiary/aromatic N) is 1. The Balaban J connectivity index is 2.31. The third-order valence-corrected chi connectivity index (χ3v) is 4.58. The average Bonchev–Trinajstić information content (AvgIpc) is 2.49. The highest BCUT2D eigenvalue weighted by molar-refractivity contribution is 7.92. The molecule has 0 bridgehead atoms. The highest BCUT2D eigenvalue weighted by Crippen LogP contribution is 2.22. The van der Waals surface area contributed by atoms with E-state index in [4.69, 9.17) is 0 Å². The fraction of sp³-hybridized carbons (Fsp3) is 0.188. The molecule has 0 unspecified atom stereocenters. The zero-order valence-electron chi connectivity index (χ0n) is 13.3. The maximum atomic E-state index is 13.4. The predicted octanol–water partition coefficient (Wildman–Crippen LogP) is 2.90. The van der Waals surface area contributed by atoms with Gasteiger partial charge in [-0.25, -0.2) is 21.6 Å². The second kappa shape index (κ2) is 7.14. The molecule has 0 saturated heterocycles. The molecule has 2 aromatic rings. The summed E-state index contributed by atoms with van der Waals surface area (Å²) in [6.07, 6.45) is 0.874. The highest BCUT2D eigenvalue weighted by atomic mass is 32.2. The zero-order chi connectivity index (χ0) is 18.8. The lowest BCUT2D eigenvalue weighted by Crippen LogP contribution is -2.45. The van der Waals surface area contributed by atoms with Gasteiger partial charge in [0.05, 0.1) is 11.9 Å². The van der Waals surface area contributed by atoms with E-state index in [2.05, 4.69) is 5.32 Å². The first-order valence-corrected chi connectivity index (χ1v) is 8.95. The molecule has 1 atom stereocenters. The van der Waals surface area contributed by atoms with E-state index in [-0.39, 0.29) is 11.4 Å². The molecule has 5 nitrogen and oxygen atoms in total. The van der Waals surface area contributed by atoms with Crippen molar-refractivity contribution in [1.82, 2.24) is 0 Å². The van der Waals surface area contributed by atoms with Crippen molar-refractivity contribution in [3.8, 4) is 0 Å². The Hall–Kier alpha value is -2.55. The van der Waals surface area contributed by atoms with Gasteiger partial charge in [-0.15, -0.1) is 0 Å². The van der Waals surface area contributed by atoms with Gasteiger partial charge in [0.25, 0.3) is 0 Å². The smallest absolute Gasteiger partial charge is 0.247 e. The van der Waals surface area contributed by atoms with Crippen molar-refractivity contribution in [3.63, 3.8) is 0 Å². The van der Waals surface area contributed by atoms with Gasteiger partial charge in [-0.05, 0) is 37.3 Å². The van der Waals surface area contributed by atoms with Gasteiger partial charge in [0.2, 0.25) is 15.9 Å². The Morgan fingerprint density at radius 1 is 1.08 bits per heavy atom. The van der Waals surface area contributed by atoms with Crippen molar-refractivity contribution in [3.05, 3.63) is 59.9 Å². The Labute approximate surface area is 143 Å². The standard InChI is InChI=1S/C16H15F3N2O3S/c1-10(16(22)20-12-6-7-14(18)15(19)9-12)21(25(2,23)24)13-5-3-4-11(17)8-13/h3-10H,1-2H3,(H,20,22)/t10-/m1/s1. The van der Waals surface area contributed by atoms with Crippen LogP contribution >= 0.6 is 0 Å². The summed E-state index contributed by atoms with van der Waals surface area (Å²) in [6.45, 7) is 1.29. The lowest BCUT2D eigenvalue weighted by Gasteiger charge is -2.28. The van der Waals surface area contributed by atoms with Crippen molar-refractivity contribution in [1.29, 1.82) is 0 Å². The summed E-state index contributed by atoms with van der Waals surface area (Å²) in [6, 6.07) is 6.23. The van der Waals surface area contributed by atoms with Crippen LogP contribution in [-0.2, 0) is 14.8 Å². The lowest BCUT2D eigenvalue weighted by molar-refractivity contribution is -0.116. The van der Waals surface area contributed by atoms with E-state index in [0.717, 1.165) is 40.9 Å². The second-order valence-corrected chi connectivity index (χ2v) is 7.19. The molecule has 0 heterocycles. The number of sulfonamides is 1. The van der Waals surface area contributed by atoms with Crippen LogP contribution in [0.25, 0.3) is 0 Å². The predicted molar refractivity (Wildman–Crippen MR) is 88.2 cm³/mol. The first-order valence-electron chi connectivity index (χ1n) is 7.10. The van der Waals surface area contributed by atoms with Crippen LogP contribution in [0.2, 0.25) is 0 Å². The Kier molecular flexibility index (Phi) is 5.36. The highest BCUT2D eigenvalue weighted by Gasteiger charge is 2.29. The van der Waals surface area contributed by atoms with Gasteiger partial charge < -0.3 is 5.32 Å². The topological polar surface area (TPSA) is 66.5 Å². The van der Waals surface area contributed by atoms with Crippen molar-refractivity contribution in [2.75, 3.05) is 15.9 Å². The first-order chi connectivity index (χ1) is 11.6. The minimum Gasteiger partial charge on any atom is -0.324 e. The van der Waals surface area contributed by atoms with Crippen LogP contribution in [0.3, 0.4) is 0 Å². The zero-order valence-corrected chi connectivity index (χ0v) is 14.1.